The van der Waals surface area contributed by atoms with Crippen LogP contribution in [0.25, 0.3) is 0 Å². The van der Waals surface area contributed by atoms with Gasteiger partial charge in [-0.2, -0.15) is 0 Å². The maximum absolute atomic E-state index is 13.4. The normalized spacial score (nSPS) is 12.0. The number of nitrogens with one attached hydrogen (secondary N) is 1. The Hall–Kier alpha value is -2.04. The van der Waals surface area contributed by atoms with Crippen molar-refractivity contribution < 1.29 is 9.59 Å². The van der Waals surface area contributed by atoms with Crippen LogP contribution in [-0.2, 0) is 22.6 Å². The second-order valence-corrected chi connectivity index (χ2v) is 8.23. The lowest BCUT2D eigenvalue weighted by Gasteiger charge is -2.32. The summed E-state index contributed by atoms with van der Waals surface area (Å²) in [5, 5.41) is 3.82. The summed E-state index contributed by atoms with van der Waals surface area (Å²) in [4.78, 5) is 27.8. The molecule has 0 saturated carbocycles. The summed E-state index contributed by atoms with van der Waals surface area (Å²) < 4.78 is 0. The number of aryl methyl sites for hydroxylation is 1. The van der Waals surface area contributed by atoms with Crippen LogP contribution in [0.5, 0.6) is 0 Å². The molecule has 0 bridgehead atoms. The van der Waals surface area contributed by atoms with E-state index in [2.05, 4.69) is 5.32 Å². The molecule has 2 amide bonds. The SMILES string of the molecule is CC[C@@H](C(=O)NC(C)C)N(Cc1ccccc1C)C(=O)Cc1c(Cl)cccc1Cl. The van der Waals surface area contributed by atoms with E-state index >= 15 is 0 Å². The second kappa shape index (κ2) is 10.7. The maximum atomic E-state index is 13.4. The van der Waals surface area contributed by atoms with Gasteiger partial charge in [0, 0.05) is 22.6 Å². The Labute approximate surface area is 183 Å². The fourth-order valence-electron chi connectivity index (χ4n) is 3.23. The highest BCUT2D eigenvalue weighted by Gasteiger charge is 2.30. The van der Waals surface area contributed by atoms with Crippen molar-refractivity contribution in [3.63, 3.8) is 0 Å². The topological polar surface area (TPSA) is 49.4 Å². The molecule has 1 N–H and O–H groups in total. The summed E-state index contributed by atoms with van der Waals surface area (Å²) in [5.74, 6) is -0.344. The largest absolute Gasteiger partial charge is 0.352 e. The van der Waals surface area contributed by atoms with E-state index in [0.29, 0.717) is 28.6 Å². The Bertz CT molecular complexity index is 847. The van der Waals surface area contributed by atoms with Crippen molar-refractivity contribution in [1.82, 2.24) is 10.2 Å². The van der Waals surface area contributed by atoms with Gasteiger partial charge in [0.1, 0.15) is 6.04 Å². The van der Waals surface area contributed by atoms with E-state index in [1.807, 2.05) is 52.0 Å². The molecule has 0 aromatic heterocycles. The Morgan fingerprint density at radius 1 is 1.03 bits per heavy atom. The van der Waals surface area contributed by atoms with E-state index in [1.165, 1.54) is 0 Å². The smallest absolute Gasteiger partial charge is 0.243 e. The van der Waals surface area contributed by atoms with Crippen LogP contribution in [0.4, 0.5) is 0 Å². The average Bonchev–Trinajstić information content (AvgIpc) is 2.65. The number of carbonyl (C=O) groups excluding carboxylic acids is 2. The highest BCUT2D eigenvalue weighted by atomic mass is 35.5. The number of rotatable bonds is 8. The first-order valence-electron chi connectivity index (χ1n) is 9.81. The molecule has 2 aromatic rings. The first-order valence-corrected chi connectivity index (χ1v) is 10.6. The predicted molar refractivity (Wildman–Crippen MR) is 119 cm³/mol. The van der Waals surface area contributed by atoms with Gasteiger partial charge in [0.25, 0.3) is 0 Å². The minimum absolute atomic E-state index is 0.00928. The van der Waals surface area contributed by atoms with Crippen molar-refractivity contribution in [3.05, 3.63) is 69.2 Å². The number of benzene rings is 2. The molecular formula is C23H28Cl2N2O2. The second-order valence-electron chi connectivity index (χ2n) is 7.41. The quantitative estimate of drug-likeness (QED) is 0.622. The Kier molecular flexibility index (Phi) is 8.54. The van der Waals surface area contributed by atoms with Crippen LogP contribution in [0.3, 0.4) is 0 Å². The number of hydrogen-bond donors (Lipinski definition) is 1. The predicted octanol–water partition coefficient (Wildman–Crippen LogP) is 5.18. The van der Waals surface area contributed by atoms with Gasteiger partial charge >= 0.3 is 0 Å². The van der Waals surface area contributed by atoms with Gasteiger partial charge in [-0.1, -0.05) is 60.5 Å². The van der Waals surface area contributed by atoms with Crippen molar-refractivity contribution in [2.24, 2.45) is 0 Å². The Morgan fingerprint density at radius 2 is 1.66 bits per heavy atom. The molecule has 156 valence electrons. The summed E-state index contributed by atoms with van der Waals surface area (Å²) in [6.07, 6.45) is 0.544. The summed E-state index contributed by atoms with van der Waals surface area (Å²) >= 11 is 12.5. The van der Waals surface area contributed by atoms with Crippen molar-refractivity contribution in [1.29, 1.82) is 0 Å². The van der Waals surface area contributed by atoms with Gasteiger partial charge in [-0.25, -0.2) is 0 Å². The molecule has 0 unspecified atom stereocenters. The fourth-order valence-corrected chi connectivity index (χ4v) is 3.76. The van der Waals surface area contributed by atoms with E-state index in [0.717, 1.165) is 11.1 Å². The molecule has 2 aromatic carbocycles. The lowest BCUT2D eigenvalue weighted by Crippen LogP contribution is -2.50. The molecule has 2 rings (SSSR count). The van der Waals surface area contributed by atoms with Crippen LogP contribution < -0.4 is 5.32 Å². The summed E-state index contributed by atoms with van der Waals surface area (Å²) in [7, 11) is 0. The standard InChI is InChI=1S/C23H28Cl2N2O2/c1-5-21(23(29)26-15(2)3)27(14-17-10-7-6-9-16(17)4)22(28)13-18-19(24)11-8-12-20(18)25/h6-12,15,21H,5,13-14H2,1-4H3,(H,26,29)/t21-/m0/s1. The van der Waals surface area contributed by atoms with Gasteiger partial charge in [-0.15, -0.1) is 0 Å². The summed E-state index contributed by atoms with van der Waals surface area (Å²) in [6.45, 7) is 8.06. The first kappa shape index (κ1) is 23.2. The monoisotopic (exact) mass is 434 g/mol. The van der Waals surface area contributed by atoms with Gasteiger partial charge in [0.05, 0.1) is 6.42 Å². The number of amides is 2. The van der Waals surface area contributed by atoms with Crippen LogP contribution in [0, 0.1) is 6.92 Å². The lowest BCUT2D eigenvalue weighted by atomic mass is 10.0. The van der Waals surface area contributed by atoms with Crippen molar-refractivity contribution in [2.45, 2.75) is 59.2 Å². The van der Waals surface area contributed by atoms with Crippen molar-refractivity contribution >= 4 is 35.0 Å². The van der Waals surface area contributed by atoms with Crippen molar-refractivity contribution in [2.75, 3.05) is 0 Å². The number of halogens is 2. The molecule has 1 atom stereocenters. The molecule has 0 aliphatic carbocycles. The third-order valence-corrected chi connectivity index (χ3v) is 5.52. The molecule has 0 spiro atoms. The van der Waals surface area contributed by atoms with E-state index < -0.39 is 6.04 Å². The first-order chi connectivity index (χ1) is 13.7. The highest BCUT2D eigenvalue weighted by molar-refractivity contribution is 6.36. The lowest BCUT2D eigenvalue weighted by molar-refractivity contribution is -0.141. The molecule has 0 radical (unpaired) electrons. The van der Waals surface area contributed by atoms with Crippen LogP contribution in [0.1, 0.15) is 43.9 Å². The maximum Gasteiger partial charge on any atom is 0.243 e. The van der Waals surface area contributed by atoms with Crippen LogP contribution in [0.2, 0.25) is 10.0 Å². The van der Waals surface area contributed by atoms with Crippen LogP contribution in [-0.4, -0.2) is 28.8 Å². The third kappa shape index (κ3) is 6.22. The zero-order valence-electron chi connectivity index (χ0n) is 17.3. The minimum Gasteiger partial charge on any atom is -0.352 e. The highest BCUT2D eigenvalue weighted by Crippen LogP contribution is 2.26. The van der Waals surface area contributed by atoms with Gasteiger partial charge in [0.2, 0.25) is 11.8 Å². The molecule has 0 heterocycles. The summed E-state index contributed by atoms with van der Waals surface area (Å²) in [5.41, 5.74) is 2.65. The molecule has 0 aliphatic rings. The number of nitrogens with zero attached hydrogens (tertiary/aromatic N) is 1. The average molecular weight is 435 g/mol. The number of carbonyl (C=O) groups is 2. The van der Waals surface area contributed by atoms with Gasteiger partial charge < -0.3 is 10.2 Å². The molecule has 4 nitrogen and oxygen atoms in total. The van der Waals surface area contributed by atoms with E-state index in [4.69, 9.17) is 23.2 Å². The molecular weight excluding hydrogens is 407 g/mol. The molecule has 29 heavy (non-hydrogen) atoms. The Morgan fingerprint density at radius 3 is 2.21 bits per heavy atom. The fraction of sp³-hybridized carbons (Fsp3) is 0.391. The van der Waals surface area contributed by atoms with E-state index in [-0.39, 0.29) is 24.3 Å². The molecule has 6 heteroatoms. The molecule has 0 fully saturated rings. The van der Waals surface area contributed by atoms with Crippen LogP contribution in [0.15, 0.2) is 42.5 Å². The van der Waals surface area contributed by atoms with Gasteiger partial charge in [0.15, 0.2) is 0 Å². The van der Waals surface area contributed by atoms with Gasteiger partial charge in [-0.3, -0.25) is 9.59 Å². The molecule has 0 saturated heterocycles. The third-order valence-electron chi connectivity index (χ3n) is 4.81. The zero-order valence-corrected chi connectivity index (χ0v) is 18.8. The number of hydrogen-bond acceptors (Lipinski definition) is 2. The van der Waals surface area contributed by atoms with Crippen molar-refractivity contribution in [3.8, 4) is 0 Å². The molecule has 0 aliphatic heterocycles. The van der Waals surface area contributed by atoms with Gasteiger partial charge in [-0.05, 0) is 56.0 Å². The summed E-state index contributed by atoms with van der Waals surface area (Å²) in [6, 6.07) is 12.4. The zero-order chi connectivity index (χ0) is 21.6. The van der Waals surface area contributed by atoms with Crippen LogP contribution >= 0.6 is 23.2 Å². The minimum atomic E-state index is -0.578. The Balaban J connectivity index is 2.38. The van der Waals surface area contributed by atoms with E-state index in [9.17, 15) is 9.59 Å². The van der Waals surface area contributed by atoms with E-state index in [1.54, 1.807) is 23.1 Å².